The van der Waals surface area contributed by atoms with Gasteiger partial charge >= 0.3 is 0 Å². The fraction of sp³-hybridized carbons (Fsp3) is 0.538. The van der Waals surface area contributed by atoms with Crippen LogP contribution in [0.1, 0.15) is 26.5 Å². The van der Waals surface area contributed by atoms with E-state index in [0.29, 0.717) is 17.0 Å². The molecule has 0 radical (unpaired) electrons. The maximum Gasteiger partial charge on any atom is 0.245 e. The highest BCUT2D eigenvalue weighted by Gasteiger charge is 2.26. The molecule has 0 aliphatic heterocycles. The number of nitrogens with one attached hydrogen (secondary N) is 1. The number of amides is 2. The lowest BCUT2D eigenvalue weighted by molar-refractivity contribution is -0.136. The summed E-state index contributed by atoms with van der Waals surface area (Å²) in [5, 5.41) is 2.68. The van der Waals surface area contributed by atoms with Gasteiger partial charge in [-0.2, -0.15) is 0 Å². The van der Waals surface area contributed by atoms with Crippen LogP contribution in [0.5, 0.6) is 0 Å². The molecule has 1 heterocycles. The average molecular weight is 331 g/mol. The van der Waals surface area contributed by atoms with Gasteiger partial charge in [-0.05, 0) is 34.0 Å². The van der Waals surface area contributed by atoms with Crippen LogP contribution < -0.4 is 5.32 Å². The van der Waals surface area contributed by atoms with Crippen molar-refractivity contribution in [2.24, 2.45) is 5.92 Å². The zero-order valence-electron chi connectivity index (χ0n) is 11.6. The lowest BCUT2D eigenvalue weighted by atomic mass is 10.0. The van der Waals surface area contributed by atoms with Crippen LogP contribution in [-0.2, 0) is 16.1 Å². The molecule has 1 unspecified atom stereocenters. The molecule has 0 saturated carbocycles. The van der Waals surface area contributed by atoms with Crippen molar-refractivity contribution >= 4 is 27.7 Å². The van der Waals surface area contributed by atoms with Gasteiger partial charge in [-0.1, -0.05) is 13.8 Å². The summed E-state index contributed by atoms with van der Waals surface area (Å²) in [5.41, 5.74) is 0. The second-order valence-electron chi connectivity index (χ2n) is 4.82. The van der Waals surface area contributed by atoms with E-state index in [9.17, 15) is 9.59 Å². The van der Waals surface area contributed by atoms with Gasteiger partial charge in [0.2, 0.25) is 11.8 Å². The maximum absolute atomic E-state index is 12.3. The number of hydrogen-bond donors (Lipinski definition) is 1. The third-order valence-corrected chi connectivity index (χ3v) is 3.12. The molecule has 1 aromatic rings. The van der Waals surface area contributed by atoms with Gasteiger partial charge in [-0.3, -0.25) is 9.59 Å². The highest BCUT2D eigenvalue weighted by molar-refractivity contribution is 9.10. The Bertz CT molecular complexity index is 456. The van der Waals surface area contributed by atoms with Crippen molar-refractivity contribution < 1.29 is 14.0 Å². The highest BCUT2D eigenvalue weighted by atomic mass is 79.9. The SMILES string of the molecule is CC(=O)NC(C(=O)N(C)Cc1ccc(Br)o1)C(C)C. The molecule has 0 aromatic carbocycles. The number of carbonyl (C=O) groups is 2. The van der Waals surface area contributed by atoms with Gasteiger partial charge in [0.15, 0.2) is 4.67 Å². The summed E-state index contributed by atoms with van der Waals surface area (Å²) in [6.07, 6.45) is 0. The van der Waals surface area contributed by atoms with E-state index in [1.54, 1.807) is 24.1 Å². The lowest BCUT2D eigenvalue weighted by Crippen LogP contribution is -2.49. The molecule has 1 atom stereocenters. The molecular formula is C13H19BrN2O3. The number of likely N-dealkylation sites (N-methyl/N-ethyl adjacent to an activating group) is 1. The van der Waals surface area contributed by atoms with Crippen LogP contribution in [0.4, 0.5) is 0 Å². The molecule has 0 aliphatic carbocycles. The summed E-state index contributed by atoms with van der Waals surface area (Å²) in [7, 11) is 1.69. The minimum Gasteiger partial charge on any atom is -0.452 e. The molecule has 0 spiro atoms. The summed E-state index contributed by atoms with van der Waals surface area (Å²) in [6.45, 7) is 5.57. The summed E-state index contributed by atoms with van der Waals surface area (Å²) in [5.74, 6) is 0.383. The minimum absolute atomic E-state index is 0.0298. The number of hydrogen-bond acceptors (Lipinski definition) is 3. The third-order valence-electron chi connectivity index (χ3n) is 2.69. The molecule has 5 nitrogen and oxygen atoms in total. The first-order valence-corrected chi connectivity index (χ1v) is 6.87. The fourth-order valence-electron chi connectivity index (χ4n) is 1.72. The molecule has 1 aromatic heterocycles. The first-order chi connectivity index (χ1) is 8.81. The van der Waals surface area contributed by atoms with Gasteiger partial charge in [0.1, 0.15) is 11.8 Å². The second kappa shape index (κ2) is 6.75. The molecule has 0 aliphatic rings. The number of nitrogens with zero attached hydrogens (tertiary/aromatic N) is 1. The number of rotatable bonds is 5. The normalized spacial score (nSPS) is 12.3. The van der Waals surface area contributed by atoms with Crippen molar-refractivity contribution in [2.45, 2.75) is 33.4 Å². The van der Waals surface area contributed by atoms with E-state index in [-0.39, 0.29) is 17.7 Å². The largest absolute Gasteiger partial charge is 0.452 e. The van der Waals surface area contributed by atoms with E-state index in [1.165, 1.54) is 6.92 Å². The number of furan rings is 1. The highest BCUT2D eigenvalue weighted by Crippen LogP contribution is 2.16. The molecule has 19 heavy (non-hydrogen) atoms. The van der Waals surface area contributed by atoms with E-state index in [0.717, 1.165) is 0 Å². The first-order valence-electron chi connectivity index (χ1n) is 6.07. The van der Waals surface area contributed by atoms with E-state index >= 15 is 0 Å². The van der Waals surface area contributed by atoms with Crippen LogP contribution in [0, 0.1) is 5.92 Å². The Hall–Kier alpha value is -1.30. The molecule has 0 bridgehead atoms. The van der Waals surface area contributed by atoms with Crippen LogP contribution in [0.15, 0.2) is 21.2 Å². The predicted molar refractivity (Wildman–Crippen MR) is 75.3 cm³/mol. The maximum atomic E-state index is 12.3. The summed E-state index contributed by atoms with van der Waals surface area (Å²) in [4.78, 5) is 25.0. The smallest absolute Gasteiger partial charge is 0.245 e. The van der Waals surface area contributed by atoms with Crippen LogP contribution >= 0.6 is 15.9 Å². The molecule has 2 amide bonds. The van der Waals surface area contributed by atoms with Crippen molar-refractivity contribution in [3.63, 3.8) is 0 Å². The fourth-order valence-corrected chi connectivity index (χ4v) is 2.06. The Morgan fingerprint density at radius 3 is 2.47 bits per heavy atom. The molecule has 0 fully saturated rings. The third kappa shape index (κ3) is 4.70. The van der Waals surface area contributed by atoms with Crippen molar-refractivity contribution in [1.29, 1.82) is 0 Å². The zero-order valence-corrected chi connectivity index (χ0v) is 13.2. The van der Waals surface area contributed by atoms with Gasteiger partial charge < -0.3 is 14.6 Å². The average Bonchev–Trinajstić information content (AvgIpc) is 2.70. The van der Waals surface area contributed by atoms with E-state index in [2.05, 4.69) is 21.2 Å². The number of halogens is 1. The minimum atomic E-state index is -0.513. The van der Waals surface area contributed by atoms with Crippen molar-refractivity contribution in [3.8, 4) is 0 Å². The van der Waals surface area contributed by atoms with Crippen LogP contribution in [-0.4, -0.2) is 29.8 Å². The predicted octanol–water partition coefficient (Wildman–Crippen LogP) is 2.16. The van der Waals surface area contributed by atoms with E-state index in [1.807, 2.05) is 13.8 Å². The van der Waals surface area contributed by atoms with Crippen molar-refractivity contribution in [2.75, 3.05) is 7.05 Å². The quantitative estimate of drug-likeness (QED) is 0.899. The molecular weight excluding hydrogens is 312 g/mol. The zero-order chi connectivity index (χ0) is 14.6. The summed E-state index contributed by atoms with van der Waals surface area (Å²) in [6, 6.07) is 3.07. The molecule has 6 heteroatoms. The summed E-state index contributed by atoms with van der Waals surface area (Å²) >= 11 is 3.22. The lowest BCUT2D eigenvalue weighted by Gasteiger charge is -2.26. The topological polar surface area (TPSA) is 62.6 Å². The Morgan fingerprint density at radius 2 is 2.05 bits per heavy atom. The van der Waals surface area contributed by atoms with Gasteiger partial charge in [-0.25, -0.2) is 0 Å². The molecule has 1 N–H and O–H groups in total. The van der Waals surface area contributed by atoms with Crippen molar-refractivity contribution in [3.05, 3.63) is 22.6 Å². The molecule has 0 saturated heterocycles. The van der Waals surface area contributed by atoms with E-state index < -0.39 is 6.04 Å². The van der Waals surface area contributed by atoms with Gasteiger partial charge in [0, 0.05) is 14.0 Å². The molecule has 1 rings (SSSR count). The molecule has 106 valence electrons. The van der Waals surface area contributed by atoms with Crippen LogP contribution in [0.25, 0.3) is 0 Å². The Balaban J connectivity index is 2.70. The van der Waals surface area contributed by atoms with Crippen LogP contribution in [0.3, 0.4) is 0 Å². The van der Waals surface area contributed by atoms with Crippen LogP contribution in [0.2, 0.25) is 0 Å². The van der Waals surface area contributed by atoms with Crippen molar-refractivity contribution in [1.82, 2.24) is 10.2 Å². The van der Waals surface area contributed by atoms with Gasteiger partial charge in [0.05, 0.1) is 6.54 Å². The van der Waals surface area contributed by atoms with Gasteiger partial charge in [-0.15, -0.1) is 0 Å². The Kier molecular flexibility index (Phi) is 5.60. The Morgan fingerprint density at radius 1 is 1.42 bits per heavy atom. The summed E-state index contributed by atoms with van der Waals surface area (Å²) < 4.78 is 5.99. The first kappa shape index (κ1) is 15.8. The monoisotopic (exact) mass is 330 g/mol. The second-order valence-corrected chi connectivity index (χ2v) is 5.60. The standard InChI is InChI=1S/C13H19BrN2O3/c1-8(2)12(15-9(3)17)13(18)16(4)7-10-5-6-11(14)19-10/h5-6,8,12H,7H2,1-4H3,(H,15,17). The van der Waals surface area contributed by atoms with E-state index in [4.69, 9.17) is 4.42 Å². The number of carbonyl (C=O) groups excluding carboxylic acids is 2. The Labute approximate surface area is 121 Å². The van der Waals surface area contributed by atoms with Gasteiger partial charge in [0.25, 0.3) is 0 Å².